The normalized spacial score (nSPS) is 15.5. The van der Waals surface area contributed by atoms with Crippen molar-refractivity contribution in [2.75, 3.05) is 53.0 Å². The molecular weight excluding hydrogens is 296 g/mol. The Kier molecular flexibility index (Phi) is 6.49. The number of ether oxygens (including phenoxy) is 1. The number of hydrogen-bond donors (Lipinski definition) is 1. The molecule has 2 rings (SSSR count). The minimum Gasteiger partial charge on any atom is -0.383 e. The smallest absolute Gasteiger partial charge is 0.272 e. The van der Waals surface area contributed by atoms with Gasteiger partial charge in [0.15, 0.2) is 0 Å². The molecule has 0 unspecified atom stereocenters. The van der Waals surface area contributed by atoms with Crippen LogP contribution < -0.4 is 5.32 Å². The van der Waals surface area contributed by atoms with Crippen LogP contribution in [0, 0.1) is 0 Å². The molecule has 1 aromatic heterocycles. The van der Waals surface area contributed by atoms with Gasteiger partial charge in [-0.25, -0.2) is 4.98 Å². The van der Waals surface area contributed by atoms with Crippen LogP contribution in [0.25, 0.3) is 0 Å². The van der Waals surface area contributed by atoms with Gasteiger partial charge in [-0.05, 0) is 18.7 Å². The lowest BCUT2D eigenvalue weighted by Gasteiger charge is -2.33. The molecule has 0 atom stereocenters. The zero-order valence-electron chi connectivity index (χ0n) is 13.7. The lowest BCUT2D eigenvalue weighted by atomic mass is 10.2. The average Bonchev–Trinajstić information content (AvgIpc) is 2.61. The number of amides is 2. The summed E-state index contributed by atoms with van der Waals surface area (Å²) in [5.74, 6) is -0.417. The van der Waals surface area contributed by atoms with E-state index in [0.717, 1.165) is 19.6 Å². The van der Waals surface area contributed by atoms with Gasteiger partial charge in [-0.15, -0.1) is 0 Å². The van der Waals surface area contributed by atoms with Gasteiger partial charge in [0.1, 0.15) is 11.4 Å². The van der Waals surface area contributed by atoms with Gasteiger partial charge in [-0.1, -0.05) is 13.0 Å². The van der Waals surface area contributed by atoms with Crippen LogP contribution in [0.5, 0.6) is 0 Å². The molecule has 2 amide bonds. The molecule has 0 aliphatic carbocycles. The summed E-state index contributed by atoms with van der Waals surface area (Å²) >= 11 is 0. The van der Waals surface area contributed by atoms with Crippen LogP contribution in [0.2, 0.25) is 0 Å². The number of methoxy groups -OCH3 is 1. The zero-order chi connectivity index (χ0) is 16.7. The first kappa shape index (κ1) is 17.4. The van der Waals surface area contributed by atoms with E-state index in [9.17, 15) is 9.59 Å². The Balaban J connectivity index is 1.98. The number of rotatable bonds is 6. The maximum Gasteiger partial charge on any atom is 0.272 e. The Morgan fingerprint density at radius 3 is 2.57 bits per heavy atom. The second kappa shape index (κ2) is 8.59. The lowest BCUT2D eigenvalue weighted by Crippen LogP contribution is -2.48. The molecule has 1 aromatic rings. The van der Waals surface area contributed by atoms with E-state index in [0.29, 0.717) is 31.9 Å². The highest BCUT2D eigenvalue weighted by atomic mass is 16.5. The molecule has 1 fully saturated rings. The summed E-state index contributed by atoms with van der Waals surface area (Å²) in [7, 11) is 1.57. The second-order valence-corrected chi connectivity index (χ2v) is 5.38. The summed E-state index contributed by atoms with van der Waals surface area (Å²) in [6.07, 6.45) is 0. The van der Waals surface area contributed by atoms with E-state index in [1.807, 2.05) is 0 Å². The predicted octanol–water partition coefficient (Wildman–Crippen LogP) is 0.236. The molecule has 0 aromatic carbocycles. The van der Waals surface area contributed by atoms with Crippen molar-refractivity contribution in [2.45, 2.75) is 6.92 Å². The standard InChI is InChI=1S/C16H24N4O3/c1-3-19-8-10-20(11-9-19)16(22)14-6-4-5-13(18-14)15(21)17-7-12-23-2/h4-6H,3,7-12H2,1-2H3,(H,17,21). The highest BCUT2D eigenvalue weighted by Crippen LogP contribution is 2.08. The van der Waals surface area contributed by atoms with Gasteiger partial charge >= 0.3 is 0 Å². The SMILES string of the molecule is CCN1CCN(C(=O)c2cccc(C(=O)NCCOC)n2)CC1. The van der Waals surface area contributed by atoms with Crippen molar-refractivity contribution in [3.63, 3.8) is 0 Å². The highest BCUT2D eigenvalue weighted by Gasteiger charge is 2.22. The maximum absolute atomic E-state index is 12.5. The van der Waals surface area contributed by atoms with Gasteiger partial charge < -0.3 is 19.9 Å². The molecule has 1 N–H and O–H groups in total. The third kappa shape index (κ3) is 4.74. The molecule has 126 valence electrons. The number of pyridine rings is 1. The number of hydrogen-bond acceptors (Lipinski definition) is 5. The highest BCUT2D eigenvalue weighted by molar-refractivity contribution is 5.96. The van der Waals surface area contributed by atoms with E-state index >= 15 is 0 Å². The van der Waals surface area contributed by atoms with Crippen molar-refractivity contribution in [1.29, 1.82) is 0 Å². The largest absolute Gasteiger partial charge is 0.383 e. The van der Waals surface area contributed by atoms with Gasteiger partial charge in [0.25, 0.3) is 11.8 Å². The van der Waals surface area contributed by atoms with Gasteiger partial charge in [-0.3, -0.25) is 9.59 Å². The van der Waals surface area contributed by atoms with Gasteiger partial charge in [0, 0.05) is 39.8 Å². The summed E-state index contributed by atoms with van der Waals surface area (Å²) in [5.41, 5.74) is 0.563. The van der Waals surface area contributed by atoms with E-state index in [-0.39, 0.29) is 17.5 Å². The molecule has 1 saturated heterocycles. The topological polar surface area (TPSA) is 74.8 Å². The van der Waals surface area contributed by atoms with Crippen LogP contribution in [0.4, 0.5) is 0 Å². The van der Waals surface area contributed by atoms with Crippen LogP contribution in [0.3, 0.4) is 0 Å². The summed E-state index contributed by atoms with van der Waals surface area (Å²) in [4.78, 5) is 32.8. The van der Waals surface area contributed by atoms with Crippen molar-refractivity contribution in [3.8, 4) is 0 Å². The first-order chi connectivity index (χ1) is 11.2. The molecule has 0 bridgehead atoms. The maximum atomic E-state index is 12.5. The van der Waals surface area contributed by atoms with Crippen LogP contribution in [0.1, 0.15) is 27.9 Å². The van der Waals surface area contributed by atoms with E-state index in [1.165, 1.54) is 0 Å². The Morgan fingerprint density at radius 2 is 1.91 bits per heavy atom. The van der Waals surface area contributed by atoms with Gasteiger partial charge in [0.2, 0.25) is 0 Å². The van der Waals surface area contributed by atoms with E-state index in [2.05, 4.69) is 22.1 Å². The monoisotopic (exact) mass is 320 g/mol. The van der Waals surface area contributed by atoms with Crippen LogP contribution in [-0.4, -0.2) is 79.6 Å². The summed E-state index contributed by atoms with van der Waals surface area (Å²) < 4.78 is 4.89. The van der Waals surface area contributed by atoms with Crippen molar-refractivity contribution >= 4 is 11.8 Å². The van der Waals surface area contributed by atoms with Crippen LogP contribution >= 0.6 is 0 Å². The second-order valence-electron chi connectivity index (χ2n) is 5.38. The number of nitrogens with one attached hydrogen (secondary N) is 1. The molecule has 2 heterocycles. The number of carbonyl (C=O) groups is 2. The molecule has 23 heavy (non-hydrogen) atoms. The van der Waals surface area contributed by atoms with E-state index in [4.69, 9.17) is 4.74 Å². The first-order valence-corrected chi connectivity index (χ1v) is 7.91. The lowest BCUT2D eigenvalue weighted by molar-refractivity contribution is 0.0637. The van der Waals surface area contributed by atoms with Crippen LogP contribution in [-0.2, 0) is 4.74 Å². The number of piperazine rings is 1. The zero-order valence-corrected chi connectivity index (χ0v) is 13.7. The minimum atomic E-state index is -0.299. The van der Waals surface area contributed by atoms with Crippen molar-refractivity contribution in [2.24, 2.45) is 0 Å². The van der Waals surface area contributed by atoms with E-state index < -0.39 is 0 Å². The number of nitrogens with zero attached hydrogens (tertiary/aromatic N) is 3. The van der Waals surface area contributed by atoms with Crippen molar-refractivity contribution < 1.29 is 14.3 Å². The number of likely N-dealkylation sites (N-methyl/N-ethyl adjacent to an activating group) is 1. The Labute approximate surface area is 136 Å². The molecule has 0 spiro atoms. The molecule has 0 radical (unpaired) electrons. The molecular formula is C16H24N4O3. The molecule has 7 nitrogen and oxygen atoms in total. The molecule has 7 heteroatoms. The van der Waals surface area contributed by atoms with Crippen molar-refractivity contribution in [3.05, 3.63) is 29.6 Å². The molecule has 0 saturated carbocycles. The Hall–Kier alpha value is -1.99. The van der Waals surface area contributed by atoms with Crippen LogP contribution in [0.15, 0.2) is 18.2 Å². The first-order valence-electron chi connectivity index (χ1n) is 7.91. The quantitative estimate of drug-likeness (QED) is 0.760. The fourth-order valence-electron chi connectivity index (χ4n) is 2.47. The third-order valence-electron chi connectivity index (χ3n) is 3.90. The fraction of sp³-hybridized carbons (Fsp3) is 0.562. The summed E-state index contributed by atoms with van der Waals surface area (Å²) in [5, 5.41) is 2.70. The number of aromatic nitrogens is 1. The predicted molar refractivity (Wildman–Crippen MR) is 86.5 cm³/mol. The molecule has 1 aliphatic heterocycles. The average molecular weight is 320 g/mol. The Bertz CT molecular complexity index is 542. The van der Waals surface area contributed by atoms with Gasteiger partial charge in [-0.2, -0.15) is 0 Å². The van der Waals surface area contributed by atoms with Crippen molar-refractivity contribution in [1.82, 2.24) is 20.1 Å². The Morgan fingerprint density at radius 1 is 1.22 bits per heavy atom. The minimum absolute atomic E-state index is 0.118. The van der Waals surface area contributed by atoms with E-state index in [1.54, 1.807) is 30.2 Å². The fourth-order valence-corrected chi connectivity index (χ4v) is 2.47. The van der Waals surface area contributed by atoms with Gasteiger partial charge in [0.05, 0.1) is 6.61 Å². The summed E-state index contributed by atoms with van der Waals surface area (Å²) in [6.45, 7) is 7.10. The number of carbonyl (C=O) groups excluding carboxylic acids is 2. The summed E-state index contributed by atoms with van der Waals surface area (Å²) in [6, 6.07) is 4.95. The third-order valence-corrected chi connectivity index (χ3v) is 3.90. The molecule has 1 aliphatic rings.